The van der Waals surface area contributed by atoms with E-state index in [0.29, 0.717) is 19.6 Å². The molecule has 18 heavy (non-hydrogen) atoms. The zero-order chi connectivity index (χ0) is 12.8. The number of ether oxygens (including phenoxy) is 2. The van der Waals surface area contributed by atoms with E-state index < -0.39 is 0 Å². The second kappa shape index (κ2) is 6.27. The number of fused-ring (bicyclic) bond motifs is 1. The van der Waals surface area contributed by atoms with E-state index in [1.54, 1.807) is 0 Å². The molecule has 0 saturated heterocycles. The molecule has 1 heterocycles. The van der Waals surface area contributed by atoms with Crippen LogP contribution >= 0.6 is 0 Å². The summed E-state index contributed by atoms with van der Waals surface area (Å²) in [5, 5.41) is 11.8. The molecule has 0 fully saturated rings. The maximum absolute atomic E-state index is 8.44. The zero-order valence-electron chi connectivity index (χ0n) is 10.6. The molecule has 0 radical (unpaired) electrons. The molecule has 0 spiro atoms. The Labute approximate surface area is 108 Å². The smallest absolute Gasteiger partial charge is 0.127 e. The number of hydrogen-bond acceptors (Lipinski definition) is 4. The molecule has 0 saturated carbocycles. The van der Waals surface area contributed by atoms with Crippen molar-refractivity contribution in [3.8, 4) is 17.6 Å². The van der Waals surface area contributed by atoms with Crippen LogP contribution < -0.4 is 14.8 Å². The van der Waals surface area contributed by atoms with E-state index in [2.05, 4.69) is 24.4 Å². The summed E-state index contributed by atoms with van der Waals surface area (Å²) in [6, 6.07) is 8.34. The Morgan fingerprint density at radius 2 is 2.44 bits per heavy atom. The lowest BCUT2D eigenvalue weighted by molar-refractivity contribution is 0.301. The molecule has 0 aliphatic carbocycles. The Morgan fingerprint density at radius 1 is 1.56 bits per heavy atom. The quantitative estimate of drug-likeness (QED) is 0.783. The normalized spacial score (nSPS) is 16.8. The average molecular weight is 246 g/mol. The molecule has 0 bridgehead atoms. The summed E-state index contributed by atoms with van der Waals surface area (Å²) in [5.74, 6) is 1.71. The van der Waals surface area contributed by atoms with Gasteiger partial charge in [0.2, 0.25) is 0 Å². The number of nitrogens with one attached hydrogen (secondary N) is 1. The standard InChI is InChI=1S/C14H18N2O2/c1-2-16-13-10-18-14-9-11(5-6-12(13)14)17-8-4-3-7-15/h5-6,9,13,16H,2-4,8,10H2,1H3. The van der Waals surface area contributed by atoms with Gasteiger partial charge in [-0.2, -0.15) is 5.26 Å². The van der Waals surface area contributed by atoms with Crippen molar-refractivity contribution in [2.24, 2.45) is 0 Å². The van der Waals surface area contributed by atoms with Gasteiger partial charge in [0.1, 0.15) is 18.1 Å². The number of nitriles is 1. The van der Waals surface area contributed by atoms with Crippen LogP contribution in [0.5, 0.6) is 11.5 Å². The predicted octanol–water partition coefficient (Wildman–Crippen LogP) is 2.41. The van der Waals surface area contributed by atoms with Gasteiger partial charge in [0.15, 0.2) is 0 Å². The molecule has 1 atom stereocenters. The van der Waals surface area contributed by atoms with E-state index in [9.17, 15) is 0 Å². The summed E-state index contributed by atoms with van der Waals surface area (Å²) in [6.07, 6.45) is 1.29. The maximum Gasteiger partial charge on any atom is 0.127 e. The molecule has 4 nitrogen and oxygen atoms in total. The molecule has 1 N–H and O–H groups in total. The highest BCUT2D eigenvalue weighted by molar-refractivity contribution is 5.45. The molecule has 4 heteroatoms. The molecular weight excluding hydrogens is 228 g/mol. The first-order valence-corrected chi connectivity index (χ1v) is 6.35. The molecule has 96 valence electrons. The van der Waals surface area contributed by atoms with Crippen molar-refractivity contribution in [2.45, 2.75) is 25.8 Å². The monoisotopic (exact) mass is 246 g/mol. The molecule has 1 aliphatic heterocycles. The van der Waals surface area contributed by atoms with Gasteiger partial charge in [-0.05, 0) is 25.1 Å². The number of likely N-dealkylation sites (N-methyl/N-ethyl adjacent to an activating group) is 1. The molecule has 0 amide bonds. The minimum Gasteiger partial charge on any atom is -0.493 e. The van der Waals surface area contributed by atoms with Crippen LogP contribution in [-0.2, 0) is 0 Å². The van der Waals surface area contributed by atoms with E-state index in [1.807, 2.05) is 12.1 Å². The van der Waals surface area contributed by atoms with Crippen LogP contribution in [0, 0.1) is 11.3 Å². The molecule has 2 rings (SSSR count). The van der Waals surface area contributed by atoms with E-state index in [4.69, 9.17) is 14.7 Å². The number of benzene rings is 1. The Bertz CT molecular complexity index is 440. The molecule has 1 unspecified atom stereocenters. The summed E-state index contributed by atoms with van der Waals surface area (Å²) in [5.41, 5.74) is 1.20. The van der Waals surface area contributed by atoms with Crippen LogP contribution in [0.4, 0.5) is 0 Å². The number of nitrogens with zero attached hydrogens (tertiary/aromatic N) is 1. The molecular formula is C14H18N2O2. The fourth-order valence-corrected chi connectivity index (χ4v) is 2.04. The molecule has 1 aromatic rings. The Hall–Kier alpha value is -1.73. The van der Waals surface area contributed by atoms with E-state index in [0.717, 1.165) is 24.5 Å². The third kappa shape index (κ3) is 2.93. The first-order valence-electron chi connectivity index (χ1n) is 6.35. The van der Waals surface area contributed by atoms with Crippen LogP contribution in [0.2, 0.25) is 0 Å². The Kier molecular flexibility index (Phi) is 4.43. The van der Waals surface area contributed by atoms with Gasteiger partial charge in [-0.1, -0.05) is 6.92 Å². The SMILES string of the molecule is CCNC1COc2cc(OCCCC#N)ccc21. The van der Waals surface area contributed by atoms with Gasteiger partial charge in [0, 0.05) is 18.1 Å². The van der Waals surface area contributed by atoms with E-state index >= 15 is 0 Å². The molecule has 1 aliphatic rings. The van der Waals surface area contributed by atoms with Gasteiger partial charge < -0.3 is 14.8 Å². The zero-order valence-corrected chi connectivity index (χ0v) is 10.6. The van der Waals surface area contributed by atoms with Crippen LogP contribution in [-0.4, -0.2) is 19.8 Å². The first-order chi connectivity index (χ1) is 8.85. The number of rotatable bonds is 6. The Balaban J connectivity index is 1.95. The van der Waals surface area contributed by atoms with Gasteiger partial charge in [-0.15, -0.1) is 0 Å². The second-order valence-corrected chi connectivity index (χ2v) is 4.23. The highest BCUT2D eigenvalue weighted by Crippen LogP contribution is 2.35. The highest BCUT2D eigenvalue weighted by atomic mass is 16.5. The summed E-state index contributed by atoms with van der Waals surface area (Å²) in [7, 11) is 0. The van der Waals surface area contributed by atoms with Crippen molar-refractivity contribution in [3.05, 3.63) is 23.8 Å². The topological polar surface area (TPSA) is 54.3 Å². The van der Waals surface area contributed by atoms with Crippen LogP contribution in [0.15, 0.2) is 18.2 Å². The van der Waals surface area contributed by atoms with Crippen molar-refractivity contribution in [3.63, 3.8) is 0 Å². The van der Waals surface area contributed by atoms with E-state index in [1.165, 1.54) is 5.56 Å². The predicted molar refractivity (Wildman–Crippen MR) is 68.7 cm³/mol. The summed E-state index contributed by atoms with van der Waals surface area (Å²) in [4.78, 5) is 0. The third-order valence-corrected chi connectivity index (χ3v) is 2.92. The minimum absolute atomic E-state index is 0.289. The van der Waals surface area contributed by atoms with Gasteiger partial charge in [-0.25, -0.2) is 0 Å². The van der Waals surface area contributed by atoms with Gasteiger partial charge in [0.05, 0.1) is 18.7 Å². The third-order valence-electron chi connectivity index (χ3n) is 2.92. The van der Waals surface area contributed by atoms with Gasteiger partial charge >= 0.3 is 0 Å². The summed E-state index contributed by atoms with van der Waals surface area (Å²) >= 11 is 0. The maximum atomic E-state index is 8.44. The lowest BCUT2D eigenvalue weighted by Crippen LogP contribution is -2.21. The first kappa shape index (κ1) is 12.7. The lowest BCUT2D eigenvalue weighted by Gasteiger charge is -2.09. The van der Waals surface area contributed by atoms with Crippen LogP contribution in [0.1, 0.15) is 31.4 Å². The fourth-order valence-electron chi connectivity index (χ4n) is 2.04. The van der Waals surface area contributed by atoms with Crippen molar-refractivity contribution < 1.29 is 9.47 Å². The van der Waals surface area contributed by atoms with Crippen LogP contribution in [0.3, 0.4) is 0 Å². The van der Waals surface area contributed by atoms with Crippen molar-refractivity contribution in [1.82, 2.24) is 5.32 Å². The minimum atomic E-state index is 0.289. The summed E-state index contributed by atoms with van der Waals surface area (Å²) in [6.45, 7) is 4.27. The summed E-state index contributed by atoms with van der Waals surface area (Å²) < 4.78 is 11.2. The fraction of sp³-hybridized carbons (Fsp3) is 0.500. The van der Waals surface area contributed by atoms with E-state index in [-0.39, 0.29) is 6.04 Å². The number of hydrogen-bond donors (Lipinski definition) is 1. The number of unbranched alkanes of at least 4 members (excludes halogenated alkanes) is 1. The van der Waals surface area contributed by atoms with Gasteiger partial charge in [0.25, 0.3) is 0 Å². The van der Waals surface area contributed by atoms with Gasteiger partial charge in [-0.3, -0.25) is 0 Å². The largest absolute Gasteiger partial charge is 0.493 e. The van der Waals surface area contributed by atoms with Crippen molar-refractivity contribution in [2.75, 3.05) is 19.8 Å². The molecule has 1 aromatic carbocycles. The van der Waals surface area contributed by atoms with Crippen LogP contribution in [0.25, 0.3) is 0 Å². The molecule has 0 aromatic heterocycles. The Morgan fingerprint density at radius 3 is 3.22 bits per heavy atom. The van der Waals surface area contributed by atoms with Crippen molar-refractivity contribution in [1.29, 1.82) is 5.26 Å². The highest BCUT2D eigenvalue weighted by Gasteiger charge is 2.23. The van der Waals surface area contributed by atoms with Crippen molar-refractivity contribution >= 4 is 0 Å². The second-order valence-electron chi connectivity index (χ2n) is 4.23. The lowest BCUT2D eigenvalue weighted by atomic mass is 10.1. The average Bonchev–Trinajstić information content (AvgIpc) is 2.78.